The molecule has 0 unspecified atom stereocenters. The minimum Gasteiger partial charge on any atom is -0.466 e. The van der Waals surface area contributed by atoms with E-state index in [1.54, 1.807) is 0 Å². The zero-order valence-corrected chi connectivity index (χ0v) is 53.0. The minimum absolute atomic E-state index is 0.0692. The van der Waals surface area contributed by atoms with Crippen molar-refractivity contribution in [1.82, 2.24) is 0 Å². The van der Waals surface area contributed by atoms with Crippen LogP contribution in [0.25, 0.3) is 0 Å². The first kappa shape index (κ1) is 68.3. The van der Waals surface area contributed by atoms with Gasteiger partial charge in [0, 0.05) is 18.6 Å². The van der Waals surface area contributed by atoms with E-state index in [4.69, 9.17) is 31.9 Å². The Kier molecular flexibility index (Phi) is 30.1. The maximum atomic E-state index is 13.7. The van der Waals surface area contributed by atoms with Gasteiger partial charge in [0.1, 0.15) is 37.6 Å². The van der Waals surface area contributed by atoms with E-state index in [9.17, 15) is 14.4 Å². The Morgan fingerprint density at radius 3 is 1.04 bits per heavy atom. The van der Waals surface area contributed by atoms with Gasteiger partial charge in [0.25, 0.3) is 0 Å². The summed E-state index contributed by atoms with van der Waals surface area (Å²) in [4.78, 5) is 39.0. The Morgan fingerprint density at radius 2 is 0.718 bits per heavy atom. The van der Waals surface area contributed by atoms with Gasteiger partial charge in [0.15, 0.2) is 33.3 Å². The molecular weight excluding hydrogens is 957 g/mol. The fraction of sp³-hybridized carbons (Fsp3) is 0.702. The van der Waals surface area contributed by atoms with Crippen molar-refractivity contribution in [1.29, 1.82) is 0 Å². The van der Waals surface area contributed by atoms with Crippen molar-refractivity contribution in [3.8, 4) is 0 Å². The summed E-state index contributed by atoms with van der Waals surface area (Å²) in [5, 5.41) is -0.906. The van der Waals surface area contributed by atoms with E-state index in [1.807, 2.05) is 6.08 Å². The van der Waals surface area contributed by atoms with Crippen LogP contribution in [0.3, 0.4) is 0 Å². The van der Waals surface area contributed by atoms with Crippen molar-refractivity contribution >= 4 is 51.2 Å². The Hall–Kier alpha value is -2.70. The molecule has 0 saturated carbocycles. The molecule has 0 saturated heterocycles. The second-order valence-electron chi connectivity index (χ2n) is 24.6. The number of allylic oxidation sites excluding steroid dienone is 12. The first-order valence-corrected chi connectivity index (χ1v) is 37.8. The van der Waals surface area contributed by atoms with Crippen LogP contribution in [0.4, 0.5) is 0 Å². The third kappa shape index (κ3) is 26.9. The second-order valence-corrected chi connectivity index (χ2v) is 43.7. The van der Waals surface area contributed by atoms with Gasteiger partial charge in [-0.25, -0.2) is 9.59 Å². The van der Waals surface area contributed by atoms with Crippen LogP contribution in [0.2, 0.25) is 72.5 Å². The first-order chi connectivity index (χ1) is 32.5. The lowest BCUT2D eigenvalue weighted by molar-refractivity contribution is -0.155. The molecule has 408 valence electrons. The van der Waals surface area contributed by atoms with Crippen LogP contribution in [-0.4, -0.2) is 95.9 Å². The molecular formula is C57H104O10Si4. The van der Waals surface area contributed by atoms with Gasteiger partial charge in [-0.15, -0.1) is 0 Å². The van der Waals surface area contributed by atoms with Crippen molar-refractivity contribution in [3.05, 3.63) is 85.1 Å². The summed E-state index contributed by atoms with van der Waals surface area (Å²) < 4.78 is 46.8. The van der Waals surface area contributed by atoms with Crippen LogP contribution in [0.5, 0.6) is 0 Å². The normalized spacial score (nSPS) is 16.1. The molecule has 0 radical (unpaired) electrons. The monoisotopic (exact) mass is 1060 g/mol. The number of hydrogen-bond donors (Lipinski definition) is 0. The van der Waals surface area contributed by atoms with Gasteiger partial charge in [-0.3, -0.25) is 4.79 Å². The summed E-state index contributed by atoms with van der Waals surface area (Å²) in [7, 11) is -9.35. The molecule has 0 spiro atoms. The van der Waals surface area contributed by atoms with E-state index >= 15 is 0 Å². The molecule has 0 N–H and O–H groups in total. The fourth-order valence-corrected chi connectivity index (χ4v) is 11.0. The lowest BCUT2D eigenvalue weighted by Crippen LogP contribution is -2.63. The maximum Gasteiger partial charge on any atom is 0.331 e. The smallest absolute Gasteiger partial charge is 0.331 e. The van der Waals surface area contributed by atoms with E-state index in [-0.39, 0.29) is 45.8 Å². The lowest BCUT2D eigenvalue weighted by Gasteiger charge is -2.51. The third-order valence-electron chi connectivity index (χ3n) is 14.5. The summed E-state index contributed by atoms with van der Waals surface area (Å²) in [5.41, 5.74) is 0. The Balaban J connectivity index is 7.01. The second kappa shape index (κ2) is 31.2. The van der Waals surface area contributed by atoms with Gasteiger partial charge in [-0.1, -0.05) is 163 Å². The van der Waals surface area contributed by atoms with Gasteiger partial charge in [-0.05, 0) is 117 Å². The number of ether oxygens (including phenoxy) is 3. The predicted molar refractivity (Wildman–Crippen MR) is 309 cm³/mol. The summed E-state index contributed by atoms with van der Waals surface area (Å²) >= 11 is 0. The Bertz CT molecular complexity index is 1790. The molecule has 10 nitrogen and oxygen atoms in total. The predicted octanol–water partition coefficient (Wildman–Crippen LogP) is 15.8. The molecule has 14 heteroatoms. The number of hydrogen-bond acceptors (Lipinski definition) is 10. The fourth-order valence-electron chi connectivity index (χ4n) is 5.75. The third-order valence-corrected chi connectivity index (χ3v) is 32.5. The number of rotatable bonds is 31. The highest BCUT2D eigenvalue weighted by molar-refractivity contribution is 6.75. The lowest BCUT2D eigenvalue weighted by atomic mass is 10.0. The van der Waals surface area contributed by atoms with E-state index in [2.05, 4.69) is 209 Å². The van der Waals surface area contributed by atoms with Crippen molar-refractivity contribution in [2.45, 2.75) is 238 Å². The van der Waals surface area contributed by atoms with Crippen molar-refractivity contribution < 1.29 is 46.3 Å². The van der Waals surface area contributed by atoms with Crippen LogP contribution in [0.15, 0.2) is 85.1 Å². The molecule has 0 aliphatic heterocycles. The highest BCUT2D eigenvalue weighted by atomic mass is 28.4. The van der Waals surface area contributed by atoms with Crippen LogP contribution >= 0.6 is 0 Å². The molecule has 0 aliphatic rings. The van der Waals surface area contributed by atoms with Gasteiger partial charge in [-0.2, -0.15) is 0 Å². The zero-order chi connectivity index (χ0) is 55.0. The standard InChI is InChI=1S/C57H104O10Si4/c1-23-24-25-26-27-28-29-30-31-32-33-34-35-36-37-38-39-40-41-42-50(59)62-45-47(64-68(15,16)54(2,3)4)52(66-70(19,20)56(8,9)10)53(67-71(21,22)57(11,12)13)48(65-69(17,18)55(5,6)7)46-63-51(60)44-43-49(58)61-14/h24-25,27-28,30-31,33-34,36-37,39-40,43-44,47-48,52-53H,23,26,29,32,35,38,41-42,45-46H2,1-22H3/b25-24-,28-27-,31-30-,34-33-,37-36-,40-39-,44-43+/t47-,48-,52-,53-/m1/s1. The Labute approximate surface area is 439 Å². The van der Waals surface area contributed by atoms with Gasteiger partial charge >= 0.3 is 17.9 Å². The molecule has 0 aromatic rings. The highest BCUT2D eigenvalue weighted by Gasteiger charge is 2.53. The van der Waals surface area contributed by atoms with Gasteiger partial charge in [0.2, 0.25) is 0 Å². The minimum atomic E-state index is -2.68. The number of esters is 3. The van der Waals surface area contributed by atoms with E-state index in [0.717, 1.165) is 50.7 Å². The van der Waals surface area contributed by atoms with E-state index in [0.29, 0.717) is 6.42 Å². The molecule has 0 aromatic heterocycles. The van der Waals surface area contributed by atoms with Crippen molar-refractivity contribution in [2.24, 2.45) is 0 Å². The molecule has 0 aromatic carbocycles. The van der Waals surface area contributed by atoms with Gasteiger partial charge in [0.05, 0.1) is 7.11 Å². The molecule has 0 fully saturated rings. The SMILES string of the molecule is CC/C=C\C/C=C\C/C=C\C/C=C\C/C=C\C/C=C\CCC(=O)OC[C@@H](O[Si](C)(C)C(C)(C)C)[C@@H](O[Si](C)(C)C(C)(C)C)[C@H](O[Si](C)(C)C(C)(C)C)[C@@H](COC(=O)/C=C/C(=O)OC)O[Si](C)(C)C(C)(C)C. The van der Waals surface area contributed by atoms with Gasteiger partial charge < -0.3 is 31.9 Å². The zero-order valence-electron chi connectivity index (χ0n) is 49.0. The average molecular weight is 1060 g/mol. The highest BCUT2D eigenvalue weighted by Crippen LogP contribution is 2.45. The van der Waals surface area contributed by atoms with Crippen LogP contribution in [-0.2, 0) is 46.3 Å². The van der Waals surface area contributed by atoms with Crippen LogP contribution in [0.1, 0.15) is 141 Å². The summed E-state index contributed by atoms with van der Waals surface area (Å²) in [5.74, 6) is -1.72. The largest absolute Gasteiger partial charge is 0.466 e. The topological polar surface area (TPSA) is 116 Å². The first-order valence-electron chi connectivity index (χ1n) is 26.2. The molecule has 4 atom stereocenters. The summed E-state index contributed by atoms with van der Waals surface area (Å²) in [6.07, 6.45) is 31.2. The van der Waals surface area contributed by atoms with Crippen LogP contribution < -0.4 is 0 Å². The van der Waals surface area contributed by atoms with Crippen molar-refractivity contribution in [3.63, 3.8) is 0 Å². The summed E-state index contributed by atoms with van der Waals surface area (Å²) in [6.45, 7) is 45.6. The molecule has 0 bridgehead atoms. The quantitative estimate of drug-likeness (QED) is 0.0218. The number of carbonyl (C=O) groups is 3. The number of methoxy groups -OCH3 is 1. The molecule has 0 amide bonds. The molecule has 71 heavy (non-hydrogen) atoms. The summed E-state index contributed by atoms with van der Waals surface area (Å²) in [6, 6.07) is 0. The van der Waals surface area contributed by atoms with E-state index < -0.39 is 69.6 Å². The average Bonchev–Trinajstić information content (AvgIpc) is 3.23. The van der Waals surface area contributed by atoms with E-state index in [1.165, 1.54) is 7.11 Å². The Morgan fingerprint density at radius 1 is 0.423 bits per heavy atom. The molecule has 0 aliphatic carbocycles. The maximum absolute atomic E-state index is 13.7. The number of carbonyl (C=O) groups excluding carboxylic acids is 3. The molecule has 0 rings (SSSR count). The molecule has 0 heterocycles. The van der Waals surface area contributed by atoms with Crippen LogP contribution in [0, 0.1) is 0 Å². The van der Waals surface area contributed by atoms with Crippen molar-refractivity contribution in [2.75, 3.05) is 20.3 Å².